The fourth-order valence-electron chi connectivity index (χ4n) is 4.70. The number of anilines is 1. The summed E-state index contributed by atoms with van der Waals surface area (Å²) in [6.45, 7) is 1.08. The molecular formula is C32H25ClN2O7S. The lowest BCUT2D eigenvalue weighted by molar-refractivity contribution is -0.151. The molecular weight excluding hydrogens is 592 g/mol. The monoisotopic (exact) mass is 616 g/mol. The zero-order valence-corrected chi connectivity index (χ0v) is 24.4. The predicted octanol–water partition coefficient (Wildman–Crippen LogP) is 5.63. The van der Waals surface area contributed by atoms with Crippen molar-refractivity contribution in [2.24, 2.45) is 0 Å². The van der Waals surface area contributed by atoms with Gasteiger partial charge in [0.25, 0.3) is 17.7 Å². The van der Waals surface area contributed by atoms with Crippen LogP contribution in [0.25, 0.3) is 11.1 Å². The second-order valence-corrected chi connectivity index (χ2v) is 10.8. The molecule has 0 fully saturated rings. The molecule has 0 bridgehead atoms. The van der Waals surface area contributed by atoms with Crippen LogP contribution in [0, 0.1) is 0 Å². The van der Waals surface area contributed by atoms with Gasteiger partial charge in [0.2, 0.25) is 0 Å². The molecule has 0 spiro atoms. The summed E-state index contributed by atoms with van der Waals surface area (Å²) in [6, 6.07) is 20.7. The van der Waals surface area contributed by atoms with Gasteiger partial charge in [0.05, 0.1) is 17.7 Å². The third-order valence-electron chi connectivity index (χ3n) is 6.71. The molecule has 3 amide bonds. The number of halogens is 1. The smallest absolute Gasteiger partial charge is 0.341 e. The lowest BCUT2D eigenvalue weighted by Gasteiger charge is -2.24. The van der Waals surface area contributed by atoms with Gasteiger partial charge in [-0.1, -0.05) is 66.2 Å². The third-order valence-corrected chi connectivity index (χ3v) is 7.85. The lowest BCUT2D eigenvalue weighted by atomic mass is 10.0. The highest BCUT2D eigenvalue weighted by atomic mass is 35.5. The number of fused-ring (bicyclic) bond motifs is 1. The van der Waals surface area contributed by atoms with Crippen molar-refractivity contribution < 1.29 is 33.4 Å². The number of imide groups is 1. The maximum absolute atomic E-state index is 13.4. The largest absolute Gasteiger partial charge is 0.462 e. The van der Waals surface area contributed by atoms with Gasteiger partial charge in [-0.25, -0.2) is 9.59 Å². The van der Waals surface area contributed by atoms with Crippen molar-refractivity contribution in [3.63, 3.8) is 0 Å². The van der Waals surface area contributed by atoms with Gasteiger partial charge in [-0.05, 0) is 42.3 Å². The average molecular weight is 617 g/mol. The fourth-order valence-corrected chi connectivity index (χ4v) is 5.80. The van der Waals surface area contributed by atoms with E-state index >= 15 is 0 Å². The number of thiophene rings is 1. The van der Waals surface area contributed by atoms with Crippen LogP contribution in [0.1, 0.15) is 43.6 Å². The summed E-state index contributed by atoms with van der Waals surface area (Å²) in [5.74, 6) is -3.50. The molecule has 0 radical (unpaired) electrons. The van der Waals surface area contributed by atoms with Crippen LogP contribution in [0.5, 0.6) is 0 Å². The molecule has 2 heterocycles. The van der Waals surface area contributed by atoms with E-state index in [1.165, 1.54) is 12.1 Å². The number of amides is 3. The maximum Gasteiger partial charge on any atom is 0.341 e. The average Bonchev–Trinajstić information content (AvgIpc) is 3.54. The zero-order chi connectivity index (χ0) is 30.5. The minimum absolute atomic E-state index is 0.00482. The molecule has 1 aromatic heterocycles. The van der Waals surface area contributed by atoms with E-state index in [0.29, 0.717) is 21.7 Å². The van der Waals surface area contributed by atoms with Crippen LogP contribution < -0.4 is 5.32 Å². The van der Waals surface area contributed by atoms with Crippen molar-refractivity contribution in [1.29, 1.82) is 0 Å². The molecule has 0 saturated heterocycles. The Balaban J connectivity index is 1.34. The highest BCUT2D eigenvalue weighted by molar-refractivity contribution is 7.15. The van der Waals surface area contributed by atoms with Crippen molar-refractivity contribution in [1.82, 2.24) is 4.90 Å². The Morgan fingerprint density at radius 2 is 1.49 bits per heavy atom. The third kappa shape index (κ3) is 6.35. The van der Waals surface area contributed by atoms with Crippen LogP contribution in [0.2, 0.25) is 5.02 Å². The van der Waals surface area contributed by atoms with E-state index in [9.17, 15) is 24.0 Å². The predicted molar refractivity (Wildman–Crippen MR) is 161 cm³/mol. The Morgan fingerprint density at radius 1 is 0.860 bits per heavy atom. The molecule has 9 nitrogen and oxygen atoms in total. The van der Waals surface area contributed by atoms with Gasteiger partial charge in [-0.3, -0.25) is 19.3 Å². The van der Waals surface area contributed by atoms with E-state index < -0.39 is 42.3 Å². The normalized spacial score (nSPS) is 12.9. The number of benzene rings is 3. The minimum Gasteiger partial charge on any atom is -0.462 e. The number of carbonyl (C=O) groups excluding carboxylic acids is 5. The summed E-state index contributed by atoms with van der Waals surface area (Å²) in [6.07, 6.45) is -0.00482. The van der Waals surface area contributed by atoms with E-state index in [1.807, 2.05) is 0 Å². The van der Waals surface area contributed by atoms with Gasteiger partial charge in [0.1, 0.15) is 16.6 Å². The molecule has 1 aliphatic heterocycles. The second-order valence-electron chi connectivity index (χ2n) is 9.47. The first kappa shape index (κ1) is 29.7. The first-order valence-electron chi connectivity index (χ1n) is 13.3. The number of hydrogen-bond acceptors (Lipinski definition) is 8. The van der Waals surface area contributed by atoms with Crippen LogP contribution in [0.3, 0.4) is 0 Å². The van der Waals surface area contributed by atoms with E-state index in [0.717, 1.165) is 16.2 Å². The first-order valence-corrected chi connectivity index (χ1v) is 14.6. The molecule has 1 aliphatic rings. The standard InChI is InChI=1S/C32H25ClN2O7S/c1-2-41-32(40)27-24(20-12-14-21(33)15-13-20)18-43-28(27)34-26(36)17-42-31(39)25(16-19-8-4-3-5-9-19)35-29(37)22-10-6-7-11-23(22)30(35)38/h3-15,18,25H,2,16-17H2,1H3,(H,34,36)/t25-/m1/s1. The SMILES string of the molecule is CCOC(=O)c1c(-c2ccc(Cl)cc2)csc1NC(=O)COC(=O)[C@@H](Cc1ccccc1)N1C(=O)c2ccccc2C1=O. The Kier molecular flexibility index (Phi) is 8.98. The Morgan fingerprint density at radius 3 is 2.12 bits per heavy atom. The topological polar surface area (TPSA) is 119 Å². The Hall–Kier alpha value is -4.80. The zero-order valence-electron chi connectivity index (χ0n) is 22.9. The van der Waals surface area contributed by atoms with Crippen LogP contribution in [-0.2, 0) is 25.5 Å². The molecule has 1 atom stereocenters. The van der Waals surface area contributed by atoms with Gasteiger partial charge in [-0.15, -0.1) is 11.3 Å². The molecule has 0 saturated carbocycles. The fraction of sp³-hybridized carbons (Fsp3) is 0.156. The van der Waals surface area contributed by atoms with Crippen LogP contribution >= 0.6 is 22.9 Å². The van der Waals surface area contributed by atoms with Gasteiger partial charge in [0, 0.05) is 22.4 Å². The number of nitrogens with one attached hydrogen (secondary N) is 1. The molecule has 11 heteroatoms. The maximum atomic E-state index is 13.4. The summed E-state index contributed by atoms with van der Waals surface area (Å²) >= 11 is 7.12. The number of ether oxygens (including phenoxy) is 2. The molecule has 43 heavy (non-hydrogen) atoms. The van der Waals surface area contributed by atoms with Crippen molar-refractivity contribution in [2.45, 2.75) is 19.4 Å². The number of hydrogen-bond donors (Lipinski definition) is 1. The van der Waals surface area contributed by atoms with Crippen LogP contribution in [0.15, 0.2) is 84.2 Å². The number of esters is 2. The van der Waals surface area contributed by atoms with Crippen LogP contribution in [-0.4, -0.2) is 53.8 Å². The summed E-state index contributed by atoms with van der Waals surface area (Å²) in [5, 5.41) is 5.07. The molecule has 3 aromatic carbocycles. The summed E-state index contributed by atoms with van der Waals surface area (Å²) in [5.41, 5.74) is 2.47. The van der Waals surface area contributed by atoms with Crippen molar-refractivity contribution in [2.75, 3.05) is 18.5 Å². The van der Waals surface area contributed by atoms with Gasteiger partial charge in [-0.2, -0.15) is 0 Å². The highest BCUT2D eigenvalue weighted by Gasteiger charge is 2.43. The summed E-state index contributed by atoms with van der Waals surface area (Å²) < 4.78 is 10.6. The van der Waals surface area contributed by atoms with E-state index in [1.54, 1.807) is 79.0 Å². The van der Waals surface area contributed by atoms with Crippen molar-refractivity contribution >= 4 is 57.6 Å². The second kappa shape index (κ2) is 13.0. The quantitative estimate of drug-likeness (QED) is 0.181. The summed E-state index contributed by atoms with van der Waals surface area (Å²) in [4.78, 5) is 66.4. The number of carbonyl (C=O) groups is 5. The molecule has 4 aromatic rings. The van der Waals surface area contributed by atoms with E-state index in [4.69, 9.17) is 21.1 Å². The number of nitrogens with zero attached hydrogens (tertiary/aromatic N) is 1. The van der Waals surface area contributed by atoms with Gasteiger partial charge < -0.3 is 14.8 Å². The highest BCUT2D eigenvalue weighted by Crippen LogP contribution is 2.36. The van der Waals surface area contributed by atoms with Crippen molar-refractivity contribution in [3.8, 4) is 11.1 Å². The molecule has 218 valence electrons. The van der Waals surface area contributed by atoms with Crippen LogP contribution in [0.4, 0.5) is 5.00 Å². The van der Waals surface area contributed by atoms with E-state index in [2.05, 4.69) is 5.32 Å². The van der Waals surface area contributed by atoms with Crippen molar-refractivity contribution in [3.05, 3.63) is 112 Å². The van der Waals surface area contributed by atoms with Gasteiger partial charge in [0.15, 0.2) is 6.61 Å². The Labute approximate surface area is 256 Å². The molecule has 1 N–H and O–H groups in total. The van der Waals surface area contributed by atoms with E-state index in [-0.39, 0.29) is 34.7 Å². The molecule has 0 unspecified atom stereocenters. The summed E-state index contributed by atoms with van der Waals surface area (Å²) in [7, 11) is 0. The lowest BCUT2D eigenvalue weighted by Crippen LogP contribution is -2.47. The van der Waals surface area contributed by atoms with Gasteiger partial charge >= 0.3 is 11.9 Å². The minimum atomic E-state index is -1.31. The molecule has 5 rings (SSSR count). The number of rotatable bonds is 10. The molecule has 0 aliphatic carbocycles. The Bertz CT molecular complexity index is 1670. The first-order chi connectivity index (χ1) is 20.8.